The summed E-state index contributed by atoms with van der Waals surface area (Å²) in [5, 5.41) is 2.77. The smallest absolute Gasteiger partial charge is 0.225 e. The largest absolute Gasteiger partial charge is 0.772 e. The molecule has 1 spiro atoms. The average molecular weight is 579 g/mol. The van der Waals surface area contributed by atoms with Crippen LogP contribution in [0.25, 0.3) is 0 Å². The number of benzene rings is 2. The Hall–Kier alpha value is -2.94. The molecule has 2 aliphatic carbocycles. The quantitative estimate of drug-likeness (QED) is 0.348. The minimum atomic E-state index is -2.45. The molecule has 1 aromatic heterocycles. The van der Waals surface area contributed by atoms with Crippen molar-refractivity contribution in [3.05, 3.63) is 82.6 Å². The maximum atomic E-state index is 13.0. The third-order valence-electron chi connectivity index (χ3n) is 8.71. The number of hydrogen-bond acceptors (Lipinski definition) is 6. The summed E-state index contributed by atoms with van der Waals surface area (Å²) in [6.07, 6.45) is 9.76. The van der Waals surface area contributed by atoms with Crippen molar-refractivity contribution >= 4 is 40.0 Å². The van der Waals surface area contributed by atoms with Gasteiger partial charge in [0.05, 0.1) is 17.5 Å². The molecule has 2 aromatic carbocycles. The van der Waals surface area contributed by atoms with Crippen LogP contribution in [0.5, 0.6) is 5.75 Å². The molecular formula is C31H33ClN3O4S-. The summed E-state index contributed by atoms with van der Waals surface area (Å²) >= 11 is 3.92. The number of aromatic nitrogens is 1. The van der Waals surface area contributed by atoms with Crippen LogP contribution in [0.4, 0.5) is 11.4 Å². The van der Waals surface area contributed by atoms with Crippen molar-refractivity contribution in [1.29, 1.82) is 0 Å². The van der Waals surface area contributed by atoms with Gasteiger partial charge in [-0.05, 0) is 108 Å². The third kappa shape index (κ3) is 5.62. The molecule has 0 radical (unpaired) electrons. The van der Waals surface area contributed by atoms with Gasteiger partial charge in [0.2, 0.25) is 5.91 Å². The number of amides is 1. The van der Waals surface area contributed by atoms with Crippen molar-refractivity contribution in [2.75, 3.05) is 29.9 Å². The van der Waals surface area contributed by atoms with Gasteiger partial charge < -0.3 is 19.5 Å². The number of hydrogen-bond donors (Lipinski definition) is 1. The van der Waals surface area contributed by atoms with E-state index in [1.165, 1.54) is 42.8 Å². The Bertz CT molecular complexity index is 1420. The van der Waals surface area contributed by atoms with E-state index < -0.39 is 16.3 Å². The van der Waals surface area contributed by atoms with Gasteiger partial charge in [0.1, 0.15) is 5.75 Å². The summed E-state index contributed by atoms with van der Waals surface area (Å²) in [6, 6.07) is 15.3. The molecule has 9 heteroatoms. The molecule has 3 atom stereocenters. The first-order valence-corrected chi connectivity index (χ1v) is 15.5. The lowest BCUT2D eigenvalue weighted by Crippen LogP contribution is -2.47. The highest BCUT2D eigenvalue weighted by molar-refractivity contribution is 7.79. The molecule has 40 heavy (non-hydrogen) atoms. The van der Waals surface area contributed by atoms with E-state index in [1.54, 1.807) is 12.1 Å². The van der Waals surface area contributed by atoms with Crippen LogP contribution in [0, 0.1) is 5.92 Å². The molecule has 2 heterocycles. The Morgan fingerprint density at radius 2 is 2.00 bits per heavy atom. The number of ether oxygens (including phenoxy) is 1. The summed E-state index contributed by atoms with van der Waals surface area (Å²) in [5.41, 5.74) is 4.64. The van der Waals surface area contributed by atoms with Crippen LogP contribution in [0.1, 0.15) is 60.5 Å². The number of nitrogens with zero attached hydrogens (tertiary/aromatic N) is 2. The van der Waals surface area contributed by atoms with E-state index in [1.807, 2.05) is 24.3 Å². The van der Waals surface area contributed by atoms with E-state index in [0.717, 1.165) is 48.8 Å². The van der Waals surface area contributed by atoms with Crippen molar-refractivity contribution in [2.24, 2.45) is 5.92 Å². The van der Waals surface area contributed by atoms with E-state index >= 15 is 0 Å². The first kappa shape index (κ1) is 27.2. The van der Waals surface area contributed by atoms with Crippen LogP contribution in [-0.2, 0) is 27.7 Å². The Balaban J connectivity index is 1.27. The minimum absolute atomic E-state index is 0.139. The highest BCUT2D eigenvalue weighted by Crippen LogP contribution is 2.46. The zero-order chi connectivity index (χ0) is 27.7. The SMILES string of the molecule is O=C(CC(c1ccncc1)S(=O)[O-])Nc1ccc2c(c1)N(CC1CCC1)C[C@@]1(CCCc3cc(Cl)ccc31)CO2. The molecule has 1 N–H and O–H groups in total. The fourth-order valence-electron chi connectivity index (χ4n) is 6.43. The van der Waals surface area contributed by atoms with Gasteiger partial charge in [-0.15, -0.1) is 0 Å². The van der Waals surface area contributed by atoms with Crippen LogP contribution < -0.4 is 15.0 Å². The first-order chi connectivity index (χ1) is 19.4. The maximum absolute atomic E-state index is 13.0. The fraction of sp³-hybridized carbons (Fsp3) is 0.419. The summed E-state index contributed by atoms with van der Waals surface area (Å²) in [5.74, 6) is 1.09. The zero-order valence-corrected chi connectivity index (χ0v) is 23.9. The van der Waals surface area contributed by atoms with Crippen LogP contribution in [0.15, 0.2) is 60.9 Å². The monoisotopic (exact) mass is 578 g/mol. The molecule has 1 amide bonds. The minimum Gasteiger partial charge on any atom is -0.772 e. The van der Waals surface area contributed by atoms with Crippen molar-refractivity contribution in [1.82, 2.24) is 4.98 Å². The molecular weight excluding hydrogens is 546 g/mol. The van der Waals surface area contributed by atoms with Crippen LogP contribution in [0.2, 0.25) is 5.02 Å². The lowest BCUT2D eigenvalue weighted by molar-refractivity contribution is -0.116. The second-order valence-electron chi connectivity index (χ2n) is 11.4. The van der Waals surface area contributed by atoms with Crippen molar-refractivity contribution < 1.29 is 18.3 Å². The molecule has 0 bridgehead atoms. The Labute approximate surface area is 242 Å². The number of fused-ring (bicyclic) bond motifs is 3. The number of carbonyl (C=O) groups is 1. The fourth-order valence-corrected chi connectivity index (χ4v) is 7.30. The topological polar surface area (TPSA) is 94.6 Å². The molecule has 210 valence electrons. The van der Waals surface area contributed by atoms with Gasteiger partial charge in [0, 0.05) is 48.0 Å². The highest BCUT2D eigenvalue weighted by atomic mass is 35.5. The molecule has 3 aliphatic rings. The number of aryl methyl sites for hydroxylation is 1. The van der Waals surface area contributed by atoms with Crippen molar-refractivity contribution in [3.8, 4) is 5.75 Å². The Morgan fingerprint density at radius 3 is 2.75 bits per heavy atom. The second kappa shape index (κ2) is 11.5. The summed E-state index contributed by atoms with van der Waals surface area (Å²) < 4.78 is 30.4. The average Bonchev–Trinajstić information content (AvgIpc) is 3.07. The van der Waals surface area contributed by atoms with Gasteiger partial charge in [-0.25, -0.2) is 0 Å². The highest BCUT2D eigenvalue weighted by Gasteiger charge is 2.42. The molecule has 2 unspecified atom stereocenters. The summed E-state index contributed by atoms with van der Waals surface area (Å²) in [4.78, 5) is 19.4. The molecule has 1 saturated carbocycles. The number of nitrogens with one attached hydrogen (secondary N) is 1. The number of anilines is 2. The predicted octanol–water partition coefficient (Wildman–Crippen LogP) is 5.96. The van der Waals surface area contributed by atoms with E-state index in [2.05, 4.69) is 27.3 Å². The normalized spacial score (nSPS) is 21.8. The zero-order valence-electron chi connectivity index (χ0n) is 22.3. The van der Waals surface area contributed by atoms with Crippen molar-refractivity contribution in [2.45, 2.75) is 55.6 Å². The Kier molecular flexibility index (Phi) is 7.84. The van der Waals surface area contributed by atoms with Crippen LogP contribution >= 0.6 is 11.6 Å². The molecule has 6 rings (SSSR count). The molecule has 7 nitrogen and oxygen atoms in total. The van der Waals surface area contributed by atoms with Gasteiger partial charge in [0.15, 0.2) is 0 Å². The van der Waals surface area contributed by atoms with E-state index in [0.29, 0.717) is 23.8 Å². The van der Waals surface area contributed by atoms with Crippen molar-refractivity contribution in [3.63, 3.8) is 0 Å². The van der Waals surface area contributed by atoms with E-state index in [4.69, 9.17) is 16.3 Å². The third-order valence-corrected chi connectivity index (χ3v) is 9.84. The standard InChI is InChI=1S/C31H34ClN3O4S/c32-24-6-8-26-23(15-24)5-2-12-31(26)19-35(18-21-3-1-4-21)27-16-25(7-9-28(27)39-20-31)34-30(36)17-29(40(37)38)22-10-13-33-14-11-22/h6-11,13-16,21,29H,1-5,12,17-20H2,(H,34,36)(H,37,38)/p-1/t29?,31-/m0/s1. The number of halogens is 1. The number of carbonyl (C=O) groups excluding carboxylic acids is 1. The lowest BCUT2D eigenvalue weighted by Gasteiger charge is -2.42. The lowest BCUT2D eigenvalue weighted by atomic mass is 9.70. The summed E-state index contributed by atoms with van der Waals surface area (Å²) in [6.45, 7) is 2.37. The maximum Gasteiger partial charge on any atom is 0.225 e. The predicted molar refractivity (Wildman–Crippen MR) is 157 cm³/mol. The van der Waals surface area contributed by atoms with Crippen LogP contribution in [-0.4, -0.2) is 39.3 Å². The number of rotatable bonds is 7. The van der Waals surface area contributed by atoms with Gasteiger partial charge in [-0.3, -0.25) is 14.0 Å². The van der Waals surface area contributed by atoms with E-state index in [-0.39, 0.29) is 17.7 Å². The van der Waals surface area contributed by atoms with Crippen LogP contribution in [0.3, 0.4) is 0 Å². The van der Waals surface area contributed by atoms with Gasteiger partial charge in [-0.2, -0.15) is 0 Å². The molecule has 3 aromatic rings. The number of pyridine rings is 1. The second-order valence-corrected chi connectivity index (χ2v) is 12.9. The van der Waals surface area contributed by atoms with Gasteiger partial charge >= 0.3 is 0 Å². The molecule has 0 saturated heterocycles. The van der Waals surface area contributed by atoms with Gasteiger partial charge in [0.25, 0.3) is 0 Å². The van der Waals surface area contributed by atoms with Gasteiger partial charge in [-0.1, -0.05) is 24.1 Å². The molecule has 1 aliphatic heterocycles. The molecule has 1 fully saturated rings. The van der Waals surface area contributed by atoms with E-state index in [9.17, 15) is 13.6 Å². The Morgan fingerprint density at radius 1 is 1.18 bits per heavy atom. The first-order valence-electron chi connectivity index (χ1n) is 14.0. The summed E-state index contributed by atoms with van der Waals surface area (Å²) in [7, 11) is 0.